The van der Waals surface area contributed by atoms with Gasteiger partial charge in [0.25, 0.3) is 0 Å². The number of nitrogens with zero attached hydrogens (tertiary/aromatic N) is 1. The van der Waals surface area contributed by atoms with Crippen LogP contribution < -0.4 is 5.32 Å². The van der Waals surface area contributed by atoms with Gasteiger partial charge in [0.1, 0.15) is 0 Å². The minimum atomic E-state index is -0.291. The quantitative estimate of drug-likeness (QED) is 0.752. The Morgan fingerprint density at radius 3 is 2.56 bits per heavy atom. The summed E-state index contributed by atoms with van der Waals surface area (Å²) in [4.78, 5) is 14.0. The summed E-state index contributed by atoms with van der Waals surface area (Å²) in [5, 5.41) is 12.2. The molecule has 2 N–H and O–H groups in total. The molecule has 106 valence electrons. The fourth-order valence-electron chi connectivity index (χ4n) is 2.43. The van der Waals surface area contributed by atoms with Crippen molar-refractivity contribution in [2.24, 2.45) is 11.8 Å². The van der Waals surface area contributed by atoms with Crippen molar-refractivity contribution < 1.29 is 9.90 Å². The lowest BCUT2D eigenvalue weighted by Crippen LogP contribution is -2.42. The fourth-order valence-corrected chi connectivity index (χ4v) is 2.43. The molecule has 2 unspecified atom stereocenters. The van der Waals surface area contributed by atoms with Crippen LogP contribution in [0.25, 0.3) is 0 Å². The number of aliphatic hydroxyl groups is 1. The minimum absolute atomic E-state index is 0.113. The van der Waals surface area contributed by atoms with Gasteiger partial charge in [-0.3, -0.25) is 9.69 Å². The van der Waals surface area contributed by atoms with E-state index < -0.39 is 0 Å². The summed E-state index contributed by atoms with van der Waals surface area (Å²) in [6, 6.07) is 0. The minimum Gasteiger partial charge on any atom is -0.393 e. The molecular formula is C14H28N2O2. The van der Waals surface area contributed by atoms with Crippen molar-refractivity contribution in [1.29, 1.82) is 0 Å². The number of likely N-dealkylation sites (tertiary alicyclic amines) is 1. The highest BCUT2D eigenvalue weighted by atomic mass is 16.3. The molecule has 4 nitrogen and oxygen atoms in total. The van der Waals surface area contributed by atoms with Crippen LogP contribution in [-0.4, -0.2) is 48.2 Å². The van der Waals surface area contributed by atoms with Gasteiger partial charge in [-0.15, -0.1) is 0 Å². The molecule has 0 bridgehead atoms. The van der Waals surface area contributed by atoms with Crippen LogP contribution >= 0.6 is 0 Å². The number of carbonyl (C=O) groups is 1. The number of nitrogens with one attached hydrogen (secondary N) is 1. The summed E-state index contributed by atoms with van der Waals surface area (Å²) in [6.07, 6.45) is 2.85. The maximum atomic E-state index is 11.8. The molecule has 1 aliphatic heterocycles. The van der Waals surface area contributed by atoms with E-state index in [0.717, 1.165) is 25.4 Å². The first-order valence-corrected chi connectivity index (χ1v) is 7.14. The highest BCUT2D eigenvalue weighted by Gasteiger charge is 2.18. The Bertz CT molecular complexity index is 248. The van der Waals surface area contributed by atoms with E-state index >= 15 is 0 Å². The smallest absolute Gasteiger partial charge is 0.234 e. The molecule has 18 heavy (non-hydrogen) atoms. The second-order valence-corrected chi connectivity index (χ2v) is 5.95. The van der Waals surface area contributed by atoms with Crippen molar-refractivity contribution in [3.05, 3.63) is 0 Å². The van der Waals surface area contributed by atoms with Gasteiger partial charge >= 0.3 is 0 Å². The van der Waals surface area contributed by atoms with Crippen LogP contribution in [0, 0.1) is 11.8 Å². The lowest BCUT2D eigenvalue weighted by atomic mass is 9.99. The van der Waals surface area contributed by atoms with E-state index in [9.17, 15) is 9.90 Å². The third-order valence-electron chi connectivity index (χ3n) is 3.63. The van der Waals surface area contributed by atoms with Crippen LogP contribution in [0.2, 0.25) is 0 Å². The molecule has 0 aromatic rings. The third kappa shape index (κ3) is 6.36. The van der Waals surface area contributed by atoms with E-state index in [4.69, 9.17) is 0 Å². The number of rotatable bonds is 6. The van der Waals surface area contributed by atoms with Crippen LogP contribution in [0.4, 0.5) is 0 Å². The Labute approximate surface area is 111 Å². The van der Waals surface area contributed by atoms with Crippen LogP contribution in [0.5, 0.6) is 0 Å². The van der Waals surface area contributed by atoms with Gasteiger partial charge in [-0.2, -0.15) is 0 Å². The Kier molecular flexibility index (Phi) is 6.65. The number of aliphatic hydroxyl groups excluding tert-OH is 1. The van der Waals surface area contributed by atoms with Crippen molar-refractivity contribution in [2.75, 3.05) is 26.2 Å². The zero-order valence-corrected chi connectivity index (χ0v) is 12.0. The first kappa shape index (κ1) is 15.4. The van der Waals surface area contributed by atoms with Crippen molar-refractivity contribution in [1.82, 2.24) is 10.2 Å². The van der Waals surface area contributed by atoms with E-state index in [1.807, 2.05) is 0 Å². The summed E-state index contributed by atoms with van der Waals surface area (Å²) in [6.45, 7) is 9.37. The van der Waals surface area contributed by atoms with E-state index in [1.165, 1.54) is 12.8 Å². The maximum Gasteiger partial charge on any atom is 0.234 e. The first-order valence-electron chi connectivity index (χ1n) is 7.14. The summed E-state index contributed by atoms with van der Waals surface area (Å²) in [7, 11) is 0. The van der Waals surface area contributed by atoms with Gasteiger partial charge in [-0.25, -0.2) is 0 Å². The van der Waals surface area contributed by atoms with Gasteiger partial charge in [-0.1, -0.05) is 13.8 Å². The van der Waals surface area contributed by atoms with Gasteiger partial charge in [0.2, 0.25) is 5.91 Å². The van der Waals surface area contributed by atoms with Gasteiger partial charge in [0.05, 0.1) is 12.6 Å². The zero-order chi connectivity index (χ0) is 13.5. The number of amides is 1. The number of carbonyl (C=O) groups excluding carboxylic acids is 1. The third-order valence-corrected chi connectivity index (χ3v) is 3.63. The summed E-state index contributed by atoms with van der Waals surface area (Å²) in [5.41, 5.74) is 0. The average Bonchev–Trinajstić information content (AvgIpc) is 2.29. The molecule has 1 heterocycles. The summed E-state index contributed by atoms with van der Waals surface area (Å²) in [5.74, 6) is 1.24. The molecule has 0 saturated carbocycles. The van der Waals surface area contributed by atoms with Crippen LogP contribution in [0.15, 0.2) is 0 Å². The zero-order valence-electron chi connectivity index (χ0n) is 12.0. The van der Waals surface area contributed by atoms with Crippen LogP contribution in [0.1, 0.15) is 40.0 Å². The predicted molar refractivity (Wildman–Crippen MR) is 73.3 cm³/mol. The second kappa shape index (κ2) is 7.74. The van der Waals surface area contributed by atoms with Gasteiger partial charge in [-0.05, 0) is 51.1 Å². The molecule has 0 spiro atoms. The molecule has 1 amide bonds. The van der Waals surface area contributed by atoms with E-state index in [-0.39, 0.29) is 12.0 Å². The van der Waals surface area contributed by atoms with Crippen molar-refractivity contribution >= 4 is 5.91 Å². The monoisotopic (exact) mass is 256 g/mol. The molecule has 2 atom stereocenters. The highest BCUT2D eigenvalue weighted by Crippen LogP contribution is 2.15. The molecule has 0 aromatic heterocycles. The normalized spacial score (nSPS) is 21.6. The van der Waals surface area contributed by atoms with E-state index in [2.05, 4.69) is 24.1 Å². The Balaban J connectivity index is 2.13. The number of hydrogen-bond donors (Lipinski definition) is 2. The maximum absolute atomic E-state index is 11.8. The molecule has 1 aliphatic rings. The fraction of sp³-hybridized carbons (Fsp3) is 0.929. The van der Waals surface area contributed by atoms with Crippen LogP contribution in [-0.2, 0) is 4.79 Å². The SMILES string of the molecule is CC(O)CC(C)CNC(=O)CN1CCC(C)CC1. The molecule has 0 aliphatic carbocycles. The second-order valence-electron chi connectivity index (χ2n) is 5.95. The van der Waals surface area contributed by atoms with Gasteiger partial charge < -0.3 is 10.4 Å². The summed E-state index contributed by atoms with van der Waals surface area (Å²) >= 11 is 0. The van der Waals surface area contributed by atoms with Crippen molar-refractivity contribution in [3.8, 4) is 0 Å². The Morgan fingerprint density at radius 1 is 1.39 bits per heavy atom. The molecule has 1 rings (SSSR count). The van der Waals surface area contributed by atoms with E-state index in [0.29, 0.717) is 19.0 Å². The Hall–Kier alpha value is -0.610. The van der Waals surface area contributed by atoms with E-state index in [1.54, 1.807) is 6.92 Å². The topological polar surface area (TPSA) is 52.6 Å². The highest BCUT2D eigenvalue weighted by molar-refractivity contribution is 5.78. The molecular weight excluding hydrogens is 228 g/mol. The molecule has 0 aromatic carbocycles. The lowest BCUT2D eigenvalue weighted by Gasteiger charge is -2.29. The predicted octanol–water partition coefficient (Wildman–Crippen LogP) is 1.24. The molecule has 1 saturated heterocycles. The number of piperidine rings is 1. The molecule has 4 heteroatoms. The van der Waals surface area contributed by atoms with Crippen molar-refractivity contribution in [3.63, 3.8) is 0 Å². The molecule has 1 fully saturated rings. The van der Waals surface area contributed by atoms with Crippen molar-refractivity contribution in [2.45, 2.75) is 46.1 Å². The lowest BCUT2D eigenvalue weighted by molar-refractivity contribution is -0.122. The molecule has 0 radical (unpaired) electrons. The van der Waals surface area contributed by atoms with Gasteiger partial charge in [0.15, 0.2) is 0 Å². The van der Waals surface area contributed by atoms with Crippen LogP contribution in [0.3, 0.4) is 0 Å². The van der Waals surface area contributed by atoms with Gasteiger partial charge in [0, 0.05) is 6.54 Å². The average molecular weight is 256 g/mol. The Morgan fingerprint density at radius 2 is 2.00 bits per heavy atom. The summed E-state index contributed by atoms with van der Waals surface area (Å²) < 4.78 is 0. The first-order chi connectivity index (χ1) is 8.47. The standard InChI is InChI=1S/C14H28N2O2/c1-11-4-6-16(7-5-11)10-14(18)15-9-12(2)8-13(3)17/h11-13,17H,4-10H2,1-3H3,(H,15,18). The largest absolute Gasteiger partial charge is 0.393 e. The number of hydrogen-bond acceptors (Lipinski definition) is 3.